The minimum atomic E-state index is 0.0993. The third-order valence-corrected chi connectivity index (χ3v) is 4.63. The molecule has 0 saturated carbocycles. The van der Waals surface area contributed by atoms with Crippen LogP contribution in [0.2, 0.25) is 0 Å². The fourth-order valence-corrected chi connectivity index (χ4v) is 3.18. The van der Waals surface area contributed by atoms with Gasteiger partial charge in [0.2, 0.25) is 5.91 Å². The Morgan fingerprint density at radius 1 is 1.19 bits per heavy atom. The fraction of sp³-hybridized carbons (Fsp3) is 0.300. The van der Waals surface area contributed by atoms with Crippen LogP contribution in [0.5, 0.6) is 5.75 Å². The molecular weight excluding hydrogens is 328 g/mol. The number of piperidine rings is 1. The predicted molar refractivity (Wildman–Crippen MR) is 100 cm³/mol. The van der Waals surface area contributed by atoms with E-state index in [0.29, 0.717) is 6.61 Å². The van der Waals surface area contributed by atoms with Crippen LogP contribution in [0.3, 0.4) is 0 Å². The Labute approximate surface area is 152 Å². The molecule has 6 heteroatoms. The number of fused-ring (bicyclic) bond motifs is 1. The van der Waals surface area contributed by atoms with Gasteiger partial charge in [-0.1, -0.05) is 6.07 Å². The predicted octanol–water partition coefficient (Wildman–Crippen LogP) is 2.85. The largest absolute Gasteiger partial charge is 0.487 e. The van der Waals surface area contributed by atoms with Gasteiger partial charge in [-0.15, -0.1) is 0 Å². The van der Waals surface area contributed by atoms with E-state index in [1.165, 1.54) is 0 Å². The second-order valence-electron chi connectivity index (χ2n) is 6.52. The number of hydrogen-bond acceptors (Lipinski definition) is 4. The Morgan fingerprint density at radius 2 is 2.00 bits per heavy atom. The highest BCUT2D eigenvalue weighted by Gasteiger charge is 2.20. The first-order valence-electron chi connectivity index (χ1n) is 8.95. The van der Waals surface area contributed by atoms with Gasteiger partial charge in [0.25, 0.3) is 0 Å². The van der Waals surface area contributed by atoms with Crippen molar-refractivity contribution in [2.75, 3.05) is 18.4 Å². The monoisotopic (exact) mass is 350 g/mol. The average molecular weight is 350 g/mol. The summed E-state index contributed by atoms with van der Waals surface area (Å²) >= 11 is 0. The Balaban J connectivity index is 1.33. The highest BCUT2D eigenvalue weighted by Crippen LogP contribution is 2.19. The van der Waals surface area contributed by atoms with Crippen molar-refractivity contribution in [3.63, 3.8) is 0 Å². The molecule has 1 fully saturated rings. The first-order valence-corrected chi connectivity index (χ1v) is 8.95. The number of amides is 1. The minimum Gasteiger partial charge on any atom is -0.487 e. The number of aromatic nitrogens is 2. The zero-order valence-corrected chi connectivity index (χ0v) is 14.5. The van der Waals surface area contributed by atoms with Crippen molar-refractivity contribution in [2.24, 2.45) is 5.92 Å². The smallest absolute Gasteiger partial charge is 0.227 e. The first kappa shape index (κ1) is 16.6. The van der Waals surface area contributed by atoms with E-state index in [2.05, 4.69) is 15.6 Å². The number of nitrogens with one attached hydrogen (secondary N) is 2. The molecule has 2 N–H and O–H groups in total. The van der Waals surface area contributed by atoms with E-state index in [-0.39, 0.29) is 11.8 Å². The lowest BCUT2D eigenvalue weighted by Gasteiger charge is -2.21. The van der Waals surface area contributed by atoms with Crippen LogP contribution in [-0.4, -0.2) is 28.4 Å². The molecule has 0 radical (unpaired) electrons. The fourth-order valence-electron chi connectivity index (χ4n) is 3.18. The molecule has 3 aromatic rings. The molecule has 3 heterocycles. The standard InChI is InChI=1S/C20H22N4O2/c25-20(15-8-10-21-11-9-15)23-16-4-6-18(7-5-16)26-14-17-13-24-12-2-1-3-19(24)22-17/h1-7,12-13,15,21H,8-11,14H2,(H,23,25). The molecule has 134 valence electrons. The molecule has 6 nitrogen and oxygen atoms in total. The maximum atomic E-state index is 12.3. The first-order chi connectivity index (χ1) is 12.8. The summed E-state index contributed by atoms with van der Waals surface area (Å²) in [6.45, 7) is 2.23. The third kappa shape index (κ3) is 3.86. The quantitative estimate of drug-likeness (QED) is 0.742. The SMILES string of the molecule is O=C(Nc1ccc(OCc2cn3ccccc3n2)cc1)C1CCNCC1. The van der Waals surface area contributed by atoms with Crippen LogP contribution in [-0.2, 0) is 11.4 Å². The molecule has 1 aliphatic rings. The molecule has 2 aromatic heterocycles. The number of carbonyl (C=O) groups is 1. The number of pyridine rings is 1. The van der Waals surface area contributed by atoms with Crippen LogP contribution in [0, 0.1) is 5.92 Å². The molecule has 0 unspecified atom stereocenters. The Kier molecular flexibility index (Phi) is 4.84. The number of nitrogens with zero attached hydrogens (tertiary/aromatic N) is 2. The lowest BCUT2D eigenvalue weighted by Crippen LogP contribution is -2.34. The van der Waals surface area contributed by atoms with Crippen molar-refractivity contribution in [3.8, 4) is 5.75 Å². The van der Waals surface area contributed by atoms with Crippen LogP contribution in [0.15, 0.2) is 54.9 Å². The van der Waals surface area contributed by atoms with Crippen LogP contribution in [0.1, 0.15) is 18.5 Å². The summed E-state index contributed by atoms with van der Waals surface area (Å²) in [5.74, 6) is 0.953. The molecule has 0 atom stereocenters. The molecule has 0 aliphatic carbocycles. The van der Waals surface area contributed by atoms with Gasteiger partial charge < -0.3 is 19.8 Å². The van der Waals surface area contributed by atoms with Gasteiger partial charge >= 0.3 is 0 Å². The average Bonchev–Trinajstić information content (AvgIpc) is 3.11. The highest BCUT2D eigenvalue weighted by atomic mass is 16.5. The van der Waals surface area contributed by atoms with Crippen LogP contribution in [0.25, 0.3) is 5.65 Å². The summed E-state index contributed by atoms with van der Waals surface area (Å²) in [5.41, 5.74) is 2.58. The summed E-state index contributed by atoms with van der Waals surface area (Å²) in [5, 5.41) is 6.27. The summed E-state index contributed by atoms with van der Waals surface area (Å²) in [4.78, 5) is 16.8. The van der Waals surface area contributed by atoms with E-state index in [4.69, 9.17) is 4.74 Å². The second kappa shape index (κ2) is 7.58. The minimum absolute atomic E-state index is 0.0993. The topological polar surface area (TPSA) is 67.7 Å². The van der Waals surface area contributed by atoms with E-state index < -0.39 is 0 Å². The summed E-state index contributed by atoms with van der Waals surface area (Å²) in [6, 6.07) is 13.4. The van der Waals surface area contributed by atoms with Crippen molar-refractivity contribution < 1.29 is 9.53 Å². The summed E-state index contributed by atoms with van der Waals surface area (Å²) in [7, 11) is 0. The van der Waals surface area contributed by atoms with Gasteiger partial charge in [-0.05, 0) is 62.3 Å². The zero-order chi connectivity index (χ0) is 17.8. The van der Waals surface area contributed by atoms with Crippen molar-refractivity contribution in [1.82, 2.24) is 14.7 Å². The molecule has 0 bridgehead atoms. The van der Waals surface area contributed by atoms with Gasteiger partial charge in [-0.2, -0.15) is 0 Å². The highest BCUT2D eigenvalue weighted by molar-refractivity contribution is 5.92. The van der Waals surface area contributed by atoms with E-state index >= 15 is 0 Å². The van der Waals surface area contributed by atoms with E-state index in [9.17, 15) is 4.79 Å². The Bertz CT molecular complexity index is 849. The van der Waals surface area contributed by atoms with Gasteiger partial charge in [0.05, 0.1) is 5.69 Å². The van der Waals surface area contributed by atoms with Gasteiger partial charge in [0.1, 0.15) is 18.0 Å². The van der Waals surface area contributed by atoms with Crippen LogP contribution in [0.4, 0.5) is 5.69 Å². The molecule has 1 aliphatic heterocycles. The number of carbonyl (C=O) groups excluding carboxylic acids is 1. The number of benzene rings is 1. The molecule has 1 aromatic carbocycles. The normalized spacial score (nSPS) is 15.1. The van der Waals surface area contributed by atoms with Crippen molar-refractivity contribution >= 4 is 17.2 Å². The lowest BCUT2D eigenvalue weighted by molar-refractivity contribution is -0.120. The molecule has 26 heavy (non-hydrogen) atoms. The van der Waals surface area contributed by atoms with Crippen molar-refractivity contribution in [1.29, 1.82) is 0 Å². The molecule has 1 amide bonds. The number of ether oxygens (including phenoxy) is 1. The van der Waals surface area contributed by atoms with Crippen LogP contribution >= 0.6 is 0 Å². The maximum Gasteiger partial charge on any atom is 0.227 e. The molecule has 4 rings (SSSR count). The van der Waals surface area contributed by atoms with Crippen molar-refractivity contribution in [2.45, 2.75) is 19.4 Å². The van der Waals surface area contributed by atoms with E-state index in [1.807, 2.05) is 59.3 Å². The summed E-state index contributed by atoms with van der Waals surface area (Å²) in [6.07, 6.45) is 5.72. The Morgan fingerprint density at radius 3 is 2.77 bits per heavy atom. The van der Waals surface area contributed by atoms with E-state index in [0.717, 1.165) is 48.7 Å². The molecule has 1 saturated heterocycles. The van der Waals surface area contributed by atoms with Crippen molar-refractivity contribution in [3.05, 3.63) is 60.6 Å². The Hall–Kier alpha value is -2.86. The number of imidazole rings is 1. The molecular formula is C20H22N4O2. The lowest BCUT2D eigenvalue weighted by atomic mass is 9.97. The van der Waals surface area contributed by atoms with E-state index in [1.54, 1.807) is 0 Å². The maximum absolute atomic E-state index is 12.3. The zero-order valence-electron chi connectivity index (χ0n) is 14.5. The molecule has 0 spiro atoms. The third-order valence-electron chi connectivity index (χ3n) is 4.63. The van der Waals surface area contributed by atoms with Gasteiger partial charge in [-0.3, -0.25) is 4.79 Å². The van der Waals surface area contributed by atoms with Crippen LogP contribution < -0.4 is 15.4 Å². The van der Waals surface area contributed by atoms with Gasteiger partial charge in [-0.25, -0.2) is 4.98 Å². The number of hydrogen-bond donors (Lipinski definition) is 2. The second-order valence-corrected chi connectivity index (χ2v) is 6.52. The van der Waals surface area contributed by atoms with Gasteiger partial charge in [0, 0.05) is 24.0 Å². The number of anilines is 1. The number of rotatable bonds is 5. The summed E-state index contributed by atoms with van der Waals surface area (Å²) < 4.78 is 7.77. The van der Waals surface area contributed by atoms with Gasteiger partial charge in [0.15, 0.2) is 0 Å².